The molecule has 2 rings (SSSR count). The third kappa shape index (κ3) is 4.47. The topological polar surface area (TPSA) is 92.5 Å². The third-order valence-electron chi connectivity index (χ3n) is 3.36. The minimum Gasteiger partial charge on any atom is -0.387 e. The second-order valence-corrected chi connectivity index (χ2v) is 6.21. The minimum atomic E-state index is -0.887. The number of carbonyl (C=O) groups excluding carboxylic acids is 1. The van der Waals surface area contributed by atoms with Crippen molar-refractivity contribution in [2.45, 2.75) is 11.0 Å². The number of aliphatic hydroxyl groups is 1. The highest BCUT2D eigenvalue weighted by atomic mass is 35.5. The van der Waals surface area contributed by atoms with Crippen LogP contribution < -0.4 is 5.32 Å². The number of aliphatic hydroxyl groups excluding tert-OH is 1. The molecule has 6 nitrogen and oxygen atoms in total. The van der Waals surface area contributed by atoms with Gasteiger partial charge in [0, 0.05) is 23.6 Å². The molecule has 2 N–H and O–H groups in total. The monoisotopic (exact) mass is 366 g/mol. The molecule has 24 heavy (non-hydrogen) atoms. The summed E-state index contributed by atoms with van der Waals surface area (Å²) >= 11 is 7.50. The molecule has 1 amide bonds. The summed E-state index contributed by atoms with van der Waals surface area (Å²) in [5.74, 6) is -0.580. The molecule has 126 valence electrons. The Hall–Kier alpha value is -2.09. The second-order valence-electron chi connectivity index (χ2n) is 4.92. The fourth-order valence-electron chi connectivity index (χ4n) is 2.03. The van der Waals surface area contributed by atoms with Crippen LogP contribution in [0.3, 0.4) is 0 Å². The van der Waals surface area contributed by atoms with Crippen molar-refractivity contribution in [1.82, 2.24) is 5.32 Å². The van der Waals surface area contributed by atoms with Gasteiger partial charge in [-0.05, 0) is 30.0 Å². The number of amides is 1. The highest BCUT2D eigenvalue weighted by molar-refractivity contribution is 7.98. The molecular weight excluding hydrogens is 352 g/mol. The van der Waals surface area contributed by atoms with Crippen LogP contribution in [0.25, 0.3) is 0 Å². The van der Waals surface area contributed by atoms with Gasteiger partial charge >= 0.3 is 0 Å². The fraction of sp³-hybridized carbons (Fsp3) is 0.188. The quantitative estimate of drug-likeness (QED) is 0.464. The highest BCUT2D eigenvalue weighted by Gasteiger charge is 2.17. The molecule has 0 heterocycles. The molecule has 0 radical (unpaired) electrons. The SMILES string of the molecule is CSc1ccc(C(O)CNC(=O)c2cc([N+](=O)[O-])ccc2Cl)cc1. The molecule has 1 unspecified atom stereocenters. The van der Waals surface area contributed by atoms with E-state index in [4.69, 9.17) is 11.6 Å². The molecule has 1 atom stereocenters. The summed E-state index contributed by atoms with van der Waals surface area (Å²) in [5, 5.41) is 23.5. The maximum atomic E-state index is 12.1. The highest BCUT2D eigenvalue weighted by Crippen LogP contribution is 2.22. The van der Waals surface area contributed by atoms with Crippen LogP contribution in [0, 0.1) is 10.1 Å². The Bertz CT molecular complexity index is 752. The van der Waals surface area contributed by atoms with E-state index in [9.17, 15) is 20.0 Å². The zero-order valence-electron chi connectivity index (χ0n) is 12.7. The van der Waals surface area contributed by atoms with Crippen LogP contribution in [-0.2, 0) is 0 Å². The van der Waals surface area contributed by atoms with Crippen LogP contribution in [0.2, 0.25) is 5.02 Å². The maximum absolute atomic E-state index is 12.1. The van der Waals surface area contributed by atoms with Gasteiger partial charge in [-0.25, -0.2) is 0 Å². The van der Waals surface area contributed by atoms with Crippen molar-refractivity contribution in [2.75, 3.05) is 12.8 Å². The van der Waals surface area contributed by atoms with Crippen molar-refractivity contribution in [3.05, 3.63) is 68.7 Å². The van der Waals surface area contributed by atoms with E-state index in [-0.39, 0.29) is 22.8 Å². The predicted octanol–water partition coefficient (Wildman–Crippen LogP) is 3.43. The minimum absolute atomic E-state index is 0.00389. The van der Waals surface area contributed by atoms with E-state index in [0.29, 0.717) is 5.56 Å². The van der Waals surface area contributed by atoms with Crippen LogP contribution in [0.5, 0.6) is 0 Å². The Morgan fingerprint density at radius 1 is 1.33 bits per heavy atom. The van der Waals surface area contributed by atoms with Gasteiger partial charge in [-0.3, -0.25) is 14.9 Å². The van der Waals surface area contributed by atoms with Crippen molar-refractivity contribution in [1.29, 1.82) is 0 Å². The van der Waals surface area contributed by atoms with Gasteiger partial charge in [0.05, 0.1) is 21.6 Å². The molecule has 0 saturated carbocycles. The van der Waals surface area contributed by atoms with Crippen molar-refractivity contribution < 1.29 is 14.8 Å². The Kier molecular flexibility index (Phi) is 6.19. The maximum Gasteiger partial charge on any atom is 0.270 e. The third-order valence-corrected chi connectivity index (χ3v) is 4.44. The number of benzene rings is 2. The van der Waals surface area contributed by atoms with Crippen molar-refractivity contribution in [2.24, 2.45) is 0 Å². The van der Waals surface area contributed by atoms with Gasteiger partial charge < -0.3 is 10.4 Å². The van der Waals surface area contributed by atoms with E-state index in [1.54, 1.807) is 23.9 Å². The van der Waals surface area contributed by atoms with E-state index in [2.05, 4.69) is 5.32 Å². The number of nitrogens with one attached hydrogen (secondary N) is 1. The number of thioether (sulfide) groups is 1. The average molecular weight is 367 g/mol. The summed E-state index contributed by atoms with van der Waals surface area (Å²) in [7, 11) is 0. The van der Waals surface area contributed by atoms with Crippen molar-refractivity contribution in [3.8, 4) is 0 Å². The smallest absolute Gasteiger partial charge is 0.270 e. The first kappa shape index (κ1) is 18.3. The van der Waals surface area contributed by atoms with Gasteiger partial charge in [-0.15, -0.1) is 11.8 Å². The zero-order chi connectivity index (χ0) is 17.7. The van der Waals surface area contributed by atoms with Gasteiger partial charge in [-0.1, -0.05) is 23.7 Å². The number of nitrogens with zero attached hydrogens (tertiary/aromatic N) is 1. The molecule has 0 aliphatic heterocycles. The lowest BCUT2D eigenvalue weighted by Gasteiger charge is -2.13. The number of nitro groups is 1. The number of hydrogen-bond acceptors (Lipinski definition) is 5. The van der Waals surface area contributed by atoms with Gasteiger partial charge in [0.15, 0.2) is 0 Å². The second kappa shape index (κ2) is 8.14. The average Bonchev–Trinajstić information content (AvgIpc) is 2.59. The summed E-state index contributed by atoms with van der Waals surface area (Å²) in [6.45, 7) is -0.0313. The zero-order valence-corrected chi connectivity index (χ0v) is 14.3. The number of non-ortho nitro benzene ring substituents is 1. The molecule has 0 bridgehead atoms. The lowest BCUT2D eigenvalue weighted by Crippen LogP contribution is -2.28. The number of halogens is 1. The van der Waals surface area contributed by atoms with Gasteiger partial charge in [0.1, 0.15) is 0 Å². The Morgan fingerprint density at radius 3 is 2.58 bits per heavy atom. The Morgan fingerprint density at radius 2 is 2.00 bits per heavy atom. The number of nitro benzene ring substituents is 1. The lowest BCUT2D eigenvalue weighted by molar-refractivity contribution is -0.384. The normalized spacial score (nSPS) is 11.8. The predicted molar refractivity (Wildman–Crippen MR) is 93.6 cm³/mol. The molecule has 0 aromatic heterocycles. The summed E-state index contributed by atoms with van der Waals surface area (Å²) in [6, 6.07) is 10.9. The number of carbonyl (C=O) groups is 1. The molecule has 0 aliphatic carbocycles. The number of hydrogen-bond donors (Lipinski definition) is 2. The summed E-state index contributed by atoms with van der Waals surface area (Å²) in [4.78, 5) is 23.4. The summed E-state index contributed by atoms with van der Waals surface area (Å²) < 4.78 is 0. The van der Waals surface area contributed by atoms with Gasteiger partial charge in [0.25, 0.3) is 11.6 Å². The molecule has 0 spiro atoms. The first-order chi connectivity index (χ1) is 11.4. The molecular formula is C16H15ClN2O4S. The Balaban J connectivity index is 2.04. The summed E-state index contributed by atoms with van der Waals surface area (Å²) in [6.07, 6.45) is 1.07. The molecule has 0 fully saturated rings. The lowest BCUT2D eigenvalue weighted by atomic mass is 10.1. The van der Waals surface area contributed by atoms with Gasteiger partial charge in [-0.2, -0.15) is 0 Å². The first-order valence-corrected chi connectivity index (χ1v) is 8.57. The molecule has 8 heteroatoms. The van der Waals surface area contributed by atoms with Crippen LogP contribution in [0.1, 0.15) is 22.0 Å². The van der Waals surface area contributed by atoms with E-state index in [1.807, 2.05) is 18.4 Å². The molecule has 0 saturated heterocycles. The number of rotatable bonds is 6. The van der Waals surface area contributed by atoms with Crippen LogP contribution >= 0.6 is 23.4 Å². The molecule has 2 aromatic rings. The van der Waals surface area contributed by atoms with Crippen LogP contribution in [-0.4, -0.2) is 28.7 Å². The fourth-order valence-corrected chi connectivity index (χ4v) is 2.64. The standard InChI is InChI=1S/C16H15ClN2O4S/c1-24-12-5-2-10(3-6-12)15(20)9-18-16(21)13-8-11(19(22)23)4-7-14(13)17/h2-8,15,20H,9H2,1H3,(H,18,21). The van der Waals surface area contributed by atoms with Crippen molar-refractivity contribution >= 4 is 35.0 Å². The van der Waals surface area contributed by atoms with Crippen LogP contribution in [0.4, 0.5) is 5.69 Å². The first-order valence-electron chi connectivity index (χ1n) is 6.96. The van der Waals surface area contributed by atoms with E-state index in [0.717, 1.165) is 11.0 Å². The van der Waals surface area contributed by atoms with Crippen molar-refractivity contribution in [3.63, 3.8) is 0 Å². The molecule has 2 aromatic carbocycles. The summed E-state index contributed by atoms with van der Waals surface area (Å²) in [5.41, 5.74) is 0.437. The van der Waals surface area contributed by atoms with Gasteiger partial charge in [0.2, 0.25) is 0 Å². The largest absolute Gasteiger partial charge is 0.387 e. The van der Waals surface area contributed by atoms with E-state index in [1.165, 1.54) is 12.1 Å². The van der Waals surface area contributed by atoms with Crippen LogP contribution in [0.15, 0.2) is 47.4 Å². The molecule has 0 aliphatic rings. The Labute approximate surface area is 148 Å². The van der Waals surface area contributed by atoms with E-state index < -0.39 is 16.9 Å². The van der Waals surface area contributed by atoms with E-state index >= 15 is 0 Å².